The number of benzene rings is 1. The fourth-order valence-electron chi connectivity index (χ4n) is 2.78. The van der Waals surface area contributed by atoms with Gasteiger partial charge in [-0.1, -0.05) is 6.07 Å². The molecule has 1 fully saturated rings. The Hall–Kier alpha value is -2.41. The lowest BCUT2D eigenvalue weighted by molar-refractivity contribution is 0.177. The Labute approximate surface area is 141 Å². The van der Waals surface area contributed by atoms with Gasteiger partial charge in [0.25, 0.3) is 0 Å². The van der Waals surface area contributed by atoms with Gasteiger partial charge in [0.05, 0.1) is 16.8 Å². The summed E-state index contributed by atoms with van der Waals surface area (Å²) in [6.45, 7) is -3.95. The normalized spacial score (nSPS) is 21.4. The number of likely N-dealkylation sites (N-methyl/N-ethyl adjacent to an activating group) is 1. The molecule has 1 aromatic carbocycles. The van der Waals surface area contributed by atoms with Crippen molar-refractivity contribution in [1.29, 1.82) is 0 Å². The molecule has 0 spiro atoms. The van der Waals surface area contributed by atoms with E-state index in [4.69, 9.17) is 11.6 Å². The van der Waals surface area contributed by atoms with Crippen LogP contribution in [-0.4, -0.2) is 48.8 Å². The predicted octanol–water partition coefficient (Wildman–Crippen LogP) is 1.93. The van der Waals surface area contributed by atoms with Gasteiger partial charge in [-0.2, -0.15) is 0 Å². The molecule has 1 amide bonds. The minimum atomic E-state index is -2.55. The molecule has 1 aliphatic heterocycles. The minimum Gasteiger partial charge on any atom is -0.447 e. The van der Waals surface area contributed by atoms with Crippen LogP contribution in [0.3, 0.4) is 0 Å². The number of carbonyl (C=O) groups is 1. The fourth-order valence-corrected chi connectivity index (χ4v) is 2.78. The van der Waals surface area contributed by atoms with Crippen molar-refractivity contribution in [2.45, 2.75) is 18.9 Å². The highest BCUT2D eigenvalue weighted by molar-refractivity contribution is 5.84. The van der Waals surface area contributed by atoms with Gasteiger partial charge >= 0.3 is 6.09 Å². The maximum atomic E-state index is 11.2. The van der Waals surface area contributed by atoms with Crippen LogP contribution < -0.4 is 5.32 Å². The van der Waals surface area contributed by atoms with Gasteiger partial charge in [0.1, 0.15) is 6.61 Å². The summed E-state index contributed by atoms with van der Waals surface area (Å²) in [6, 6.07) is 5.30. The minimum absolute atomic E-state index is 0.0388. The standard InChI is InChI=1S/C16H20N4O3/c1-19(2)6-5-12-9-20(18-22)15-4-3-11(8-14(12)15)7-13-10-23-16(21)17-13/h3-4,8-9,13H,5-7,10H2,1-2H3,(H,17,21)/t13-/m0/s1/i1D2,2D3. The van der Waals surface area contributed by atoms with E-state index in [2.05, 4.69) is 10.6 Å². The molecule has 0 aliphatic carbocycles. The lowest BCUT2D eigenvalue weighted by Gasteiger charge is -2.09. The van der Waals surface area contributed by atoms with E-state index in [1.165, 1.54) is 10.9 Å². The summed E-state index contributed by atoms with van der Waals surface area (Å²) in [5, 5.41) is 6.40. The van der Waals surface area contributed by atoms with E-state index >= 15 is 0 Å². The van der Waals surface area contributed by atoms with Crippen molar-refractivity contribution in [3.05, 3.63) is 40.4 Å². The molecule has 122 valence electrons. The first kappa shape index (κ1) is 10.4. The van der Waals surface area contributed by atoms with Crippen molar-refractivity contribution in [1.82, 2.24) is 14.9 Å². The van der Waals surface area contributed by atoms with Gasteiger partial charge in [0.15, 0.2) is 0 Å². The van der Waals surface area contributed by atoms with Crippen molar-refractivity contribution >= 4 is 17.0 Å². The number of alkyl carbamates (subject to hydrolysis) is 1. The number of carbonyl (C=O) groups excluding carboxylic acids is 1. The van der Waals surface area contributed by atoms with Crippen molar-refractivity contribution in [3.63, 3.8) is 0 Å². The number of rotatable bonds is 6. The summed E-state index contributed by atoms with van der Waals surface area (Å²) in [4.78, 5) is 23.1. The summed E-state index contributed by atoms with van der Waals surface area (Å²) in [5.41, 5.74) is 2.19. The van der Waals surface area contributed by atoms with Crippen molar-refractivity contribution in [2.75, 3.05) is 27.1 Å². The summed E-state index contributed by atoms with van der Waals surface area (Å²) in [6.07, 6.45) is 1.86. The zero-order valence-electron chi connectivity index (χ0n) is 17.4. The molecule has 7 nitrogen and oxygen atoms in total. The zero-order valence-corrected chi connectivity index (χ0v) is 12.4. The molecule has 1 saturated heterocycles. The molecule has 3 rings (SSSR count). The topological polar surface area (TPSA) is 75.9 Å². The van der Waals surface area contributed by atoms with Crippen LogP contribution in [0, 0.1) is 4.91 Å². The summed E-state index contributed by atoms with van der Waals surface area (Å²) in [7, 11) is 0. The molecule has 0 saturated carbocycles. The first-order valence-electron chi connectivity index (χ1n) is 9.85. The average molecular weight is 321 g/mol. The second-order valence-corrected chi connectivity index (χ2v) is 5.52. The molecule has 0 radical (unpaired) electrons. The van der Waals surface area contributed by atoms with E-state index in [1.807, 2.05) is 12.1 Å². The summed E-state index contributed by atoms with van der Waals surface area (Å²) in [5.74, 6) is 0. The monoisotopic (exact) mass is 321 g/mol. The molecule has 2 heterocycles. The number of amides is 1. The van der Waals surface area contributed by atoms with E-state index in [1.54, 1.807) is 6.07 Å². The maximum absolute atomic E-state index is 11.2. The van der Waals surface area contributed by atoms with Crippen molar-refractivity contribution in [3.8, 4) is 0 Å². The molecule has 1 atom stereocenters. The van der Waals surface area contributed by atoms with Crippen LogP contribution in [0.4, 0.5) is 4.79 Å². The van der Waals surface area contributed by atoms with Gasteiger partial charge in [0.2, 0.25) is 0 Å². The number of nitroso groups, excluding NO2 is 1. The van der Waals surface area contributed by atoms with Gasteiger partial charge in [0, 0.05) is 25.0 Å². The quantitative estimate of drug-likeness (QED) is 0.825. The third-order valence-electron chi connectivity index (χ3n) is 3.86. The molecule has 1 aliphatic rings. The van der Waals surface area contributed by atoms with Crippen LogP contribution in [0.2, 0.25) is 0 Å². The lowest BCUT2D eigenvalue weighted by Crippen LogP contribution is -2.28. The zero-order chi connectivity index (χ0) is 20.5. The summed E-state index contributed by atoms with van der Waals surface area (Å²) < 4.78 is 43.4. The smallest absolute Gasteiger partial charge is 0.407 e. The number of ether oxygens (including phenoxy) is 1. The van der Waals surface area contributed by atoms with Crippen LogP contribution in [0.1, 0.15) is 18.0 Å². The molecule has 1 N–H and O–H groups in total. The Morgan fingerprint density at radius 2 is 2.48 bits per heavy atom. The van der Waals surface area contributed by atoms with Crippen LogP contribution in [0.25, 0.3) is 10.9 Å². The third kappa shape index (κ3) is 3.34. The van der Waals surface area contributed by atoms with Crippen molar-refractivity contribution in [2.24, 2.45) is 5.29 Å². The summed E-state index contributed by atoms with van der Waals surface area (Å²) >= 11 is 0. The van der Waals surface area contributed by atoms with E-state index in [9.17, 15) is 9.70 Å². The molecule has 0 bridgehead atoms. The maximum Gasteiger partial charge on any atom is 0.407 e. The van der Waals surface area contributed by atoms with Gasteiger partial charge in [-0.05, 0) is 50.1 Å². The number of cyclic esters (lactones) is 1. The van der Waals surface area contributed by atoms with Gasteiger partial charge in [-0.3, -0.25) is 0 Å². The van der Waals surface area contributed by atoms with E-state index in [0.29, 0.717) is 17.5 Å². The molecule has 23 heavy (non-hydrogen) atoms. The SMILES string of the molecule is [2H]C([2H])N(CCc1cn(N=O)c2ccc(C[C@H]3COC(=O)N3)cc12)C([2H])([2H])[2H]. The Morgan fingerprint density at radius 3 is 3.17 bits per heavy atom. The van der Waals surface area contributed by atoms with E-state index < -0.39 is 20.1 Å². The number of fused-ring (bicyclic) bond motifs is 1. The molecular weight excluding hydrogens is 296 g/mol. The second-order valence-electron chi connectivity index (χ2n) is 5.52. The molecule has 2 aromatic rings. The average Bonchev–Trinajstić information content (AvgIpc) is 3.17. The fraction of sp³-hybridized carbons (Fsp3) is 0.438. The first-order valence-corrected chi connectivity index (χ1v) is 7.20. The lowest BCUT2D eigenvalue weighted by atomic mass is 10.0. The number of hydrogen-bond acceptors (Lipinski definition) is 5. The van der Waals surface area contributed by atoms with E-state index in [-0.39, 0.29) is 25.6 Å². The van der Waals surface area contributed by atoms with Crippen LogP contribution in [0.15, 0.2) is 29.7 Å². The van der Waals surface area contributed by atoms with Crippen molar-refractivity contribution < 1.29 is 16.4 Å². The molecule has 7 heteroatoms. The second kappa shape index (κ2) is 6.37. The number of nitrogens with one attached hydrogen (secondary N) is 1. The predicted molar refractivity (Wildman–Crippen MR) is 87.4 cm³/mol. The van der Waals surface area contributed by atoms with Gasteiger partial charge < -0.3 is 15.0 Å². The Kier molecular flexibility index (Phi) is 2.88. The number of hydrogen-bond donors (Lipinski definition) is 1. The highest BCUT2D eigenvalue weighted by Gasteiger charge is 2.22. The third-order valence-corrected chi connectivity index (χ3v) is 3.86. The molecular formula is C16H20N4O3. The van der Waals surface area contributed by atoms with Gasteiger partial charge in [-0.15, -0.1) is 4.91 Å². The highest BCUT2D eigenvalue weighted by atomic mass is 16.6. The number of aromatic nitrogens is 1. The van der Waals surface area contributed by atoms with E-state index in [0.717, 1.165) is 15.8 Å². The first-order chi connectivity index (χ1) is 13.2. The molecule has 1 aromatic heterocycles. The van der Waals surface area contributed by atoms with Gasteiger partial charge in [-0.25, -0.2) is 9.47 Å². The number of nitrogens with zero attached hydrogens (tertiary/aromatic N) is 3. The Bertz CT molecular complexity index is 883. The van der Waals surface area contributed by atoms with Crippen LogP contribution >= 0.6 is 0 Å². The molecule has 0 unspecified atom stereocenters. The Balaban J connectivity index is 1.85. The van der Waals surface area contributed by atoms with Crippen LogP contribution in [0.5, 0.6) is 0 Å². The largest absolute Gasteiger partial charge is 0.447 e. The highest BCUT2D eigenvalue weighted by Crippen LogP contribution is 2.24. The van der Waals surface area contributed by atoms with Crippen LogP contribution in [-0.2, 0) is 17.6 Å². The Morgan fingerprint density at radius 1 is 1.57 bits per heavy atom.